The lowest BCUT2D eigenvalue weighted by molar-refractivity contribution is -0.608. The number of rotatable bonds is 2. The summed E-state index contributed by atoms with van der Waals surface area (Å²) in [6.45, 7) is 0. The minimum absolute atomic E-state index is 0. The van der Waals surface area contributed by atoms with Crippen LogP contribution in [0.25, 0.3) is 11.4 Å². The Balaban J connectivity index is 0. The Morgan fingerprint density at radius 3 is 1.21 bits per heavy atom. The molecule has 0 unspecified atom stereocenters. The highest BCUT2D eigenvalue weighted by molar-refractivity contribution is 9.14. The monoisotopic (exact) mass is 924 g/mol. The molecule has 4 heterocycles. The summed E-state index contributed by atoms with van der Waals surface area (Å²) >= 11 is 20.9. The van der Waals surface area contributed by atoms with Crippen molar-refractivity contribution in [1.82, 2.24) is 9.97 Å². The molecule has 0 saturated carbocycles. The molecule has 4 rings (SSSR count). The second-order valence-corrected chi connectivity index (χ2v) is 10.5. The second-order valence-electron chi connectivity index (χ2n) is 5.70. The predicted molar refractivity (Wildman–Crippen MR) is 152 cm³/mol. The van der Waals surface area contributed by atoms with Crippen LogP contribution in [0.2, 0.25) is 0 Å². The van der Waals surface area contributed by atoms with Crippen molar-refractivity contribution in [3.8, 4) is 11.4 Å². The van der Waals surface area contributed by atoms with Gasteiger partial charge in [-0.25, -0.2) is 0 Å². The fraction of sp³-hybridized carbons (Fsp3) is 0. The van der Waals surface area contributed by atoms with E-state index in [0.717, 1.165) is 38.5 Å². The lowest BCUT2D eigenvalue weighted by Gasteiger charge is -2.00. The van der Waals surface area contributed by atoms with Gasteiger partial charge in [0.25, 0.3) is 9.21 Å². The highest BCUT2D eigenvalue weighted by atomic mass is 79.9. The van der Waals surface area contributed by atoms with Crippen molar-refractivity contribution in [2.45, 2.75) is 0 Å². The Bertz CT molecular complexity index is 1080. The van der Waals surface area contributed by atoms with Crippen molar-refractivity contribution < 1.29 is 33.9 Å². The van der Waals surface area contributed by atoms with Crippen LogP contribution in [0.3, 0.4) is 0 Å². The van der Waals surface area contributed by atoms with Crippen LogP contribution in [0.4, 0.5) is 0 Å². The van der Waals surface area contributed by atoms with Gasteiger partial charge in [0.1, 0.15) is 8.95 Å². The molecular weight excluding hydrogens is 917 g/mol. The van der Waals surface area contributed by atoms with Gasteiger partial charge in [-0.05, 0) is 75.9 Å². The normalized spacial score (nSPS) is 9.12. The van der Waals surface area contributed by atoms with Crippen molar-refractivity contribution in [3.63, 3.8) is 0 Å². The van der Waals surface area contributed by atoms with Gasteiger partial charge in [-0.3, -0.25) is 9.97 Å². The molecule has 0 saturated heterocycles. The van der Waals surface area contributed by atoms with E-state index < -0.39 is 0 Å². The van der Waals surface area contributed by atoms with Crippen LogP contribution in [0.15, 0.2) is 101 Å². The first-order chi connectivity index (χ1) is 14.4. The maximum absolute atomic E-state index is 4.09. The number of hydrogen-bond donors (Lipinski definition) is 0. The van der Waals surface area contributed by atoms with Gasteiger partial charge in [-0.15, -0.1) is 24.8 Å². The van der Waals surface area contributed by atoms with E-state index in [1.54, 1.807) is 12.4 Å². The smallest absolute Gasteiger partial charge is 0.269 e. The summed E-state index contributed by atoms with van der Waals surface area (Å²) in [7, 11) is 0. The van der Waals surface area contributed by atoms with Crippen molar-refractivity contribution in [1.29, 1.82) is 0 Å². The van der Waals surface area contributed by atoms with Crippen LogP contribution >= 0.6 is 120 Å². The standard InChI is InChI=1S/2C10H6Br3N2.4ClH/c2*11-8-3-5-15(10(13)9(8)12)7-2-1-4-14-6-7;;;;/h2*1-6H;4*1H/q2*+1;;;;/p-2. The van der Waals surface area contributed by atoms with Gasteiger partial charge < -0.3 is 24.8 Å². The Morgan fingerprint density at radius 1 is 0.559 bits per heavy atom. The quantitative estimate of drug-likeness (QED) is 0.229. The fourth-order valence-electron chi connectivity index (χ4n) is 2.36. The molecule has 0 amide bonds. The van der Waals surface area contributed by atoms with E-state index in [2.05, 4.69) is 106 Å². The zero-order valence-corrected chi connectivity index (χ0v) is 29.2. The van der Waals surface area contributed by atoms with Gasteiger partial charge >= 0.3 is 0 Å². The van der Waals surface area contributed by atoms with Crippen LogP contribution in [-0.2, 0) is 0 Å². The van der Waals surface area contributed by atoms with Gasteiger partial charge in [0.2, 0.25) is 11.4 Å². The molecule has 0 fully saturated rings. The fourth-order valence-corrected chi connectivity index (χ4v) is 5.22. The minimum atomic E-state index is 0. The summed E-state index contributed by atoms with van der Waals surface area (Å²) in [4.78, 5) is 8.17. The van der Waals surface area contributed by atoms with E-state index in [-0.39, 0.29) is 49.6 Å². The Hall–Kier alpha value is 0.640. The molecule has 0 atom stereocenters. The number of hydrogen-bond acceptors (Lipinski definition) is 2. The summed E-state index contributed by atoms with van der Waals surface area (Å²) in [5, 5.41) is 0. The molecule has 4 nitrogen and oxygen atoms in total. The lowest BCUT2D eigenvalue weighted by Crippen LogP contribution is -3.00. The van der Waals surface area contributed by atoms with E-state index in [1.807, 2.05) is 70.3 Å². The van der Waals surface area contributed by atoms with Gasteiger partial charge in [0.05, 0.1) is 12.4 Å². The zero-order chi connectivity index (χ0) is 21.7. The summed E-state index contributed by atoms with van der Waals surface area (Å²) in [6.07, 6.45) is 11.1. The van der Waals surface area contributed by atoms with Crippen molar-refractivity contribution in [2.75, 3.05) is 0 Å². The van der Waals surface area contributed by atoms with Gasteiger partial charge in [-0.1, -0.05) is 0 Å². The van der Waals surface area contributed by atoms with Crippen molar-refractivity contribution in [2.24, 2.45) is 0 Å². The number of pyridine rings is 4. The molecule has 0 bridgehead atoms. The molecule has 0 aliphatic heterocycles. The average molecular weight is 932 g/mol. The molecule has 0 N–H and O–H groups in total. The van der Waals surface area contributed by atoms with E-state index in [0.29, 0.717) is 0 Å². The van der Waals surface area contributed by atoms with Crippen molar-refractivity contribution in [3.05, 3.63) is 101 Å². The van der Waals surface area contributed by atoms with Gasteiger partial charge in [0, 0.05) is 77.5 Å². The lowest BCUT2D eigenvalue weighted by atomic mass is 10.4. The van der Waals surface area contributed by atoms with E-state index in [9.17, 15) is 0 Å². The Kier molecular flexibility index (Phi) is 19.5. The highest BCUT2D eigenvalue weighted by Gasteiger charge is 2.17. The number of halogens is 10. The third-order valence-corrected chi connectivity index (χ3v) is 10.4. The van der Waals surface area contributed by atoms with Gasteiger partial charge in [0.15, 0.2) is 12.4 Å². The van der Waals surface area contributed by atoms with Crippen LogP contribution in [0.1, 0.15) is 0 Å². The molecule has 0 spiro atoms. The Morgan fingerprint density at radius 2 is 0.912 bits per heavy atom. The predicted octanol–water partition coefficient (Wildman–Crippen LogP) is 2.14. The molecule has 0 radical (unpaired) electrons. The molecule has 0 aromatic carbocycles. The second kappa shape index (κ2) is 18.0. The van der Waals surface area contributed by atoms with Gasteiger partial charge in [-0.2, -0.15) is 9.13 Å². The number of aromatic nitrogens is 4. The van der Waals surface area contributed by atoms with Crippen LogP contribution in [-0.4, -0.2) is 9.97 Å². The van der Waals surface area contributed by atoms with E-state index in [1.165, 1.54) is 0 Å². The van der Waals surface area contributed by atoms with Crippen molar-refractivity contribution >= 4 is 120 Å². The summed E-state index contributed by atoms with van der Waals surface area (Å²) in [5.41, 5.74) is 2.02. The molecule has 4 aromatic rings. The van der Waals surface area contributed by atoms with E-state index in [4.69, 9.17) is 0 Å². The maximum atomic E-state index is 4.09. The molecule has 184 valence electrons. The SMILES string of the molecule is Brc1cc[n+](-c2cccnc2)c(Br)c1Br.Brc1cc[n+](-c2cccnc2)c(Br)c1Br.Cl.Cl.[Cl-].[Cl-]. The zero-order valence-electron chi connectivity index (χ0n) is 16.6. The topological polar surface area (TPSA) is 33.5 Å². The summed E-state index contributed by atoms with van der Waals surface area (Å²) < 4.78 is 9.88. The first kappa shape index (κ1) is 36.8. The third kappa shape index (κ3) is 9.50. The van der Waals surface area contributed by atoms with Crippen LogP contribution in [0, 0.1) is 0 Å². The molecule has 0 aliphatic carbocycles. The maximum Gasteiger partial charge on any atom is 0.269 e. The van der Waals surface area contributed by atoms with Crippen LogP contribution in [0.5, 0.6) is 0 Å². The molecule has 4 aromatic heterocycles. The average Bonchev–Trinajstić information content (AvgIpc) is 2.78. The summed E-state index contributed by atoms with van der Waals surface area (Å²) in [5.74, 6) is 0. The Labute approximate surface area is 273 Å². The molecular formula is C20H14Br6Cl4N4. The van der Waals surface area contributed by atoms with E-state index >= 15 is 0 Å². The summed E-state index contributed by atoms with van der Waals surface area (Å²) in [6, 6.07) is 11.8. The van der Waals surface area contributed by atoms with Crippen LogP contribution < -0.4 is 33.9 Å². The molecule has 14 heteroatoms. The third-order valence-electron chi connectivity index (χ3n) is 3.79. The first-order valence-electron chi connectivity index (χ1n) is 8.31. The highest BCUT2D eigenvalue weighted by Crippen LogP contribution is 2.29. The number of nitrogens with zero attached hydrogens (tertiary/aromatic N) is 4. The first-order valence-corrected chi connectivity index (χ1v) is 13.1. The minimum Gasteiger partial charge on any atom is -1.00 e. The largest absolute Gasteiger partial charge is 1.00 e. The molecule has 34 heavy (non-hydrogen) atoms. The molecule has 0 aliphatic rings.